The number of nitrogens with zero attached hydrogens (tertiary/aromatic N) is 2. The third kappa shape index (κ3) is 5.98. The number of rotatable bonds is 9. The summed E-state index contributed by atoms with van der Waals surface area (Å²) in [6.07, 6.45) is 3.05. The minimum absolute atomic E-state index is 0.00705. The van der Waals surface area contributed by atoms with E-state index >= 15 is 0 Å². The third-order valence-electron chi connectivity index (χ3n) is 6.59. The zero-order valence-corrected chi connectivity index (χ0v) is 23.2. The molecule has 0 unspecified atom stereocenters. The first-order valence-corrected chi connectivity index (χ1v) is 12.5. The summed E-state index contributed by atoms with van der Waals surface area (Å²) in [5.41, 5.74) is 4.34. The van der Waals surface area contributed by atoms with Crippen molar-refractivity contribution in [2.24, 2.45) is 5.92 Å². The largest absolute Gasteiger partial charge is 0.497 e. The van der Waals surface area contributed by atoms with Crippen LogP contribution in [0.15, 0.2) is 36.5 Å². The molecule has 0 aliphatic heterocycles. The molecule has 0 atom stereocenters. The van der Waals surface area contributed by atoms with Crippen molar-refractivity contribution in [3.8, 4) is 11.5 Å². The number of aryl methyl sites for hydroxylation is 2. The normalized spacial score (nSPS) is 12.0. The molecular formula is C30H40N2O4. The molecule has 0 fully saturated rings. The van der Waals surface area contributed by atoms with Crippen LogP contribution >= 0.6 is 0 Å². The van der Waals surface area contributed by atoms with Gasteiger partial charge in [-0.3, -0.25) is 14.2 Å². The number of esters is 1. The Balaban J connectivity index is 2.02. The van der Waals surface area contributed by atoms with Gasteiger partial charge >= 0.3 is 5.97 Å². The van der Waals surface area contributed by atoms with Gasteiger partial charge in [0.1, 0.15) is 11.5 Å². The van der Waals surface area contributed by atoms with E-state index in [-0.39, 0.29) is 24.2 Å². The van der Waals surface area contributed by atoms with Gasteiger partial charge in [0, 0.05) is 35.5 Å². The molecule has 3 rings (SSSR count). The van der Waals surface area contributed by atoms with Gasteiger partial charge in [-0.15, -0.1) is 0 Å². The van der Waals surface area contributed by atoms with Gasteiger partial charge in [-0.1, -0.05) is 33.8 Å². The van der Waals surface area contributed by atoms with Crippen molar-refractivity contribution in [1.82, 2.24) is 9.47 Å². The quantitative estimate of drug-likeness (QED) is 0.273. The molecule has 3 aromatic rings. The first-order chi connectivity index (χ1) is 16.8. The lowest BCUT2D eigenvalue weighted by atomic mass is 9.78. The highest BCUT2D eigenvalue weighted by Crippen LogP contribution is 2.39. The Hall–Kier alpha value is -3.12. The van der Waals surface area contributed by atoms with Crippen LogP contribution in [0.5, 0.6) is 11.5 Å². The minimum Gasteiger partial charge on any atom is -0.497 e. The molecule has 0 aliphatic carbocycles. The number of benzene rings is 2. The first kappa shape index (κ1) is 27.5. The summed E-state index contributed by atoms with van der Waals surface area (Å²) in [6, 6.07) is 9.81. The van der Waals surface area contributed by atoms with Gasteiger partial charge < -0.3 is 14.4 Å². The number of carbonyl (C=O) groups excluding carboxylic acids is 2. The Morgan fingerprint density at radius 3 is 2.39 bits per heavy atom. The van der Waals surface area contributed by atoms with Crippen LogP contribution in [-0.4, -0.2) is 49.1 Å². The van der Waals surface area contributed by atoms with Crippen LogP contribution in [0.25, 0.3) is 10.9 Å². The number of hydrogen-bond acceptors (Lipinski definition) is 5. The van der Waals surface area contributed by atoms with Crippen LogP contribution < -0.4 is 9.47 Å². The monoisotopic (exact) mass is 492 g/mol. The highest BCUT2D eigenvalue weighted by Gasteiger charge is 2.32. The fraction of sp³-hybridized carbons (Fsp3) is 0.467. The lowest BCUT2D eigenvalue weighted by Gasteiger charge is -2.29. The molecule has 1 aromatic heterocycles. The molecule has 0 spiro atoms. The molecule has 0 radical (unpaired) electrons. The molecule has 0 amide bonds. The second kappa shape index (κ2) is 10.9. The number of likely N-dealkylation sites (N-methyl/N-ethyl adjacent to an activating group) is 1. The maximum absolute atomic E-state index is 13.8. The summed E-state index contributed by atoms with van der Waals surface area (Å²) in [5, 5.41) is 1.03. The lowest BCUT2D eigenvalue weighted by Crippen LogP contribution is -2.27. The maximum Gasteiger partial charge on any atom is 0.313 e. The minimum atomic E-state index is -0.561. The number of carbonyl (C=O) groups is 2. The summed E-state index contributed by atoms with van der Waals surface area (Å²) in [6.45, 7) is 12.6. The summed E-state index contributed by atoms with van der Waals surface area (Å²) >= 11 is 0. The van der Waals surface area contributed by atoms with E-state index in [0.717, 1.165) is 51.9 Å². The van der Waals surface area contributed by atoms with E-state index in [4.69, 9.17) is 9.47 Å². The Labute approximate surface area is 215 Å². The zero-order chi connectivity index (χ0) is 26.8. The molecule has 0 aliphatic rings. The van der Waals surface area contributed by atoms with E-state index in [1.165, 1.54) is 0 Å². The van der Waals surface area contributed by atoms with Crippen LogP contribution in [0.3, 0.4) is 0 Å². The van der Waals surface area contributed by atoms with Crippen molar-refractivity contribution in [3.05, 3.63) is 58.8 Å². The number of hydrogen-bond donors (Lipinski definition) is 0. The summed E-state index contributed by atoms with van der Waals surface area (Å²) in [5.74, 6) is 0.780. The Morgan fingerprint density at radius 2 is 1.78 bits per heavy atom. The van der Waals surface area contributed by atoms with E-state index < -0.39 is 5.41 Å². The summed E-state index contributed by atoms with van der Waals surface area (Å²) < 4.78 is 13.0. The fourth-order valence-corrected chi connectivity index (χ4v) is 4.81. The predicted octanol–water partition coefficient (Wildman–Crippen LogP) is 5.94. The van der Waals surface area contributed by atoms with Gasteiger partial charge in [-0.05, 0) is 75.3 Å². The highest BCUT2D eigenvalue weighted by atomic mass is 16.5. The molecule has 1 heterocycles. The van der Waals surface area contributed by atoms with Gasteiger partial charge in [-0.2, -0.15) is 0 Å². The van der Waals surface area contributed by atoms with Crippen molar-refractivity contribution < 1.29 is 19.1 Å². The molecule has 0 saturated carbocycles. The highest BCUT2D eigenvalue weighted by molar-refractivity contribution is 5.95. The number of ether oxygens (including phenoxy) is 2. The van der Waals surface area contributed by atoms with Crippen molar-refractivity contribution in [1.29, 1.82) is 0 Å². The summed E-state index contributed by atoms with van der Waals surface area (Å²) in [4.78, 5) is 28.4. The van der Waals surface area contributed by atoms with Gasteiger partial charge in [0.2, 0.25) is 5.91 Å². The van der Waals surface area contributed by atoms with E-state index in [1.807, 2.05) is 86.1 Å². The van der Waals surface area contributed by atoms with E-state index in [0.29, 0.717) is 5.75 Å². The second-order valence-corrected chi connectivity index (χ2v) is 10.9. The van der Waals surface area contributed by atoms with Crippen molar-refractivity contribution >= 4 is 22.8 Å². The van der Waals surface area contributed by atoms with Crippen molar-refractivity contribution in [2.75, 3.05) is 27.7 Å². The predicted molar refractivity (Wildman–Crippen MR) is 145 cm³/mol. The molecule has 0 bridgehead atoms. The Morgan fingerprint density at radius 1 is 1.08 bits per heavy atom. The SMILES string of the molecule is COc1ccc2c(c1)c(CCN(C)C)cn2C(=O)CC(C)(C)c1c(C)cc(C)cc1OC(=O)C(C)C. The molecule has 6 nitrogen and oxygen atoms in total. The van der Waals surface area contributed by atoms with Crippen LogP contribution in [0.2, 0.25) is 0 Å². The zero-order valence-electron chi connectivity index (χ0n) is 23.2. The van der Waals surface area contributed by atoms with Crippen LogP contribution in [0.1, 0.15) is 61.2 Å². The van der Waals surface area contributed by atoms with Crippen LogP contribution in [-0.2, 0) is 16.6 Å². The van der Waals surface area contributed by atoms with Gasteiger partial charge in [-0.25, -0.2) is 0 Å². The topological polar surface area (TPSA) is 60.8 Å². The summed E-state index contributed by atoms with van der Waals surface area (Å²) in [7, 11) is 5.74. The average Bonchev–Trinajstić information content (AvgIpc) is 3.14. The van der Waals surface area contributed by atoms with Crippen LogP contribution in [0, 0.1) is 19.8 Å². The molecule has 36 heavy (non-hydrogen) atoms. The lowest BCUT2D eigenvalue weighted by molar-refractivity contribution is -0.137. The fourth-order valence-electron chi connectivity index (χ4n) is 4.81. The van der Waals surface area contributed by atoms with Crippen molar-refractivity contribution in [2.45, 2.75) is 59.8 Å². The average molecular weight is 493 g/mol. The number of fused-ring (bicyclic) bond motifs is 1. The Bertz CT molecular complexity index is 1270. The molecule has 6 heteroatoms. The molecule has 0 saturated heterocycles. The first-order valence-electron chi connectivity index (χ1n) is 12.5. The van der Waals surface area contributed by atoms with E-state index in [2.05, 4.69) is 11.0 Å². The van der Waals surface area contributed by atoms with Crippen molar-refractivity contribution in [3.63, 3.8) is 0 Å². The van der Waals surface area contributed by atoms with Crippen LogP contribution in [0.4, 0.5) is 0 Å². The molecule has 2 aromatic carbocycles. The second-order valence-electron chi connectivity index (χ2n) is 10.9. The van der Waals surface area contributed by atoms with E-state index in [1.54, 1.807) is 11.7 Å². The van der Waals surface area contributed by atoms with Gasteiger partial charge in [0.15, 0.2) is 0 Å². The standard InChI is InChI=1S/C30H40N2O4/c1-19(2)29(34)36-26-15-20(3)14-21(4)28(26)30(5,6)17-27(33)32-18-22(12-13-31(7)8)24-16-23(35-9)10-11-25(24)32/h10-11,14-16,18-19H,12-13,17H2,1-9H3. The maximum atomic E-state index is 13.8. The third-order valence-corrected chi connectivity index (χ3v) is 6.59. The smallest absolute Gasteiger partial charge is 0.313 e. The molecule has 194 valence electrons. The Kier molecular flexibility index (Phi) is 8.29. The molecular weight excluding hydrogens is 452 g/mol. The molecule has 0 N–H and O–H groups in total. The van der Waals surface area contributed by atoms with Gasteiger partial charge in [0.05, 0.1) is 18.5 Å². The van der Waals surface area contributed by atoms with Gasteiger partial charge in [0.25, 0.3) is 0 Å². The number of methoxy groups -OCH3 is 1. The number of aromatic nitrogens is 1. The van der Waals surface area contributed by atoms with E-state index in [9.17, 15) is 9.59 Å².